The molecule has 1 aromatic carbocycles. The lowest BCUT2D eigenvalue weighted by atomic mass is 10.2. The normalized spacial score (nSPS) is 10.8. The van der Waals surface area contributed by atoms with Gasteiger partial charge in [0.2, 0.25) is 0 Å². The van der Waals surface area contributed by atoms with Crippen molar-refractivity contribution in [3.63, 3.8) is 0 Å². The van der Waals surface area contributed by atoms with E-state index in [2.05, 4.69) is 33.2 Å². The number of nitrogens with zero attached hydrogens (tertiary/aromatic N) is 1. The summed E-state index contributed by atoms with van der Waals surface area (Å²) in [6.07, 6.45) is 0.963. The van der Waals surface area contributed by atoms with Gasteiger partial charge in [-0.3, -0.25) is 0 Å². The molecular formula is C13H14BrFN2S. The molecule has 2 aromatic rings. The number of halogens is 2. The first-order valence-corrected chi connectivity index (χ1v) is 7.44. The molecule has 0 bridgehead atoms. The fourth-order valence-corrected chi connectivity index (χ4v) is 2.75. The number of thiazole rings is 1. The lowest BCUT2D eigenvalue weighted by Crippen LogP contribution is -2.14. The molecule has 0 radical (unpaired) electrons. The van der Waals surface area contributed by atoms with Crippen LogP contribution in [0.5, 0.6) is 0 Å². The fourth-order valence-electron chi connectivity index (χ4n) is 1.60. The van der Waals surface area contributed by atoms with Crippen LogP contribution in [0.3, 0.4) is 0 Å². The Kier molecular flexibility index (Phi) is 4.86. The van der Waals surface area contributed by atoms with Crippen molar-refractivity contribution >= 4 is 27.3 Å². The Hall–Kier alpha value is -0.780. The van der Waals surface area contributed by atoms with E-state index >= 15 is 0 Å². The highest BCUT2D eigenvalue weighted by Crippen LogP contribution is 2.15. The van der Waals surface area contributed by atoms with E-state index in [0.29, 0.717) is 18.7 Å². The number of hydrogen-bond acceptors (Lipinski definition) is 3. The average Bonchev–Trinajstić information content (AvgIpc) is 2.81. The van der Waals surface area contributed by atoms with E-state index in [1.807, 2.05) is 5.38 Å². The number of rotatable bonds is 5. The van der Waals surface area contributed by atoms with E-state index in [1.165, 1.54) is 6.07 Å². The summed E-state index contributed by atoms with van der Waals surface area (Å²) >= 11 is 5.01. The molecule has 1 heterocycles. The fraction of sp³-hybridized carbons (Fsp3) is 0.308. The van der Waals surface area contributed by atoms with Gasteiger partial charge in [-0.2, -0.15) is 0 Å². The molecule has 0 amide bonds. The van der Waals surface area contributed by atoms with Crippen LogP contribution in [0.15, 0.2) is 28.1 Å². The highest BCUT2D eigenvalue weighted by Gasteiger charge is 2.04. The van der Waals surface area contributed by atoms with Crippen LogP contribution in [0.4, 0.5) is 4.39 Å². The van der Waals surface area contributed by atoms with Crippen LogP contribution in [0.25, 0.3) is 0 Å². The summed E-state index contributed by atoms with van der Waals surface area (Å²) in [6.45, 7) is 3.26. The number of benzene rings is 1. The van der Waals surface area contributed by atoms with Gasteiger partial charge in [0.25, 0.3) is 0 Å². The Morgan fingerprint density at radius 1 is 1.39 bits per heavy atom. The van der Waals surface area contributed by atoms with Crippen LogP contribution in [0.1, 0.15) is 23.2 Å². The van der Waals surface area contributed by atoms with Crippen molar-refractivity contribution in [3.8, 4) is 0 Å². The second-order valence-electron chi connectivity index (χ2n) is 3.93. The molecule has 5 heteroatoms. The van der Waals surface area contributed by atoms with Crippen molar-refractivity contribution in [1.82, 2.24) is 10.3 Å². The minimum Gasteiger partial charge on any atom is -0.307 e. The maximum absolute atomic E-state index is 13.5. The maximum Gasteiger partial charge on any atom is 0.127 e. The molecule has 2 nitrogen and oxygen atoms in total. The van der Waals surface area contributed by atoms with E-state index in [1.54, 1.807) is 23.5 Å². The summed E-state index contributed by atoms with van der Waals surface area (Å²) in [7, 11) is 0. The van der Waals surface area contributed by atoms with Crippen LogP contribution < -0.4 is 5.32 Å². The van der Waals surface area contributed by atoms with Gasteiger partial charge in [0.1, 0.15) is 5.82 Å². The Morgan fingerprint density at radius 3 is 2.94 bits per heavy atom. The third-order valence-electron chi connectivity index (χ3n) is 2.53. The summed E-state index contributed by atoms with van der Waals surface area (Å²) in [5.74, 6) is -0.182. The first kappa shape index (κ1) is 13.6. The van der Waals surface area contributed by atoms with E-state index in [4.69, 9.17) is 0 Å². The van der Waals surface area contributed by atoms with Crippen LogP contribution in [0.2, 0.25) is 0 Å². The third kappa shape index (κ3) is 3.60. The van der Waals surface area contributed by atoms with Crippen LogP contribution in [-0.2, 0) is 19.5 Å². The summed E-state index contributed by atoms with van der Waals surface area (Å²) in [4.78, 5) is 4.45. The number of aromatic nitrogens is 1. The third-order valence-corrected chi connectivity index (χ3v) is 4.07. The second-order valence-corrected chi connectivity index (χ2v) is 5.78. The monoisotopic (exact) mass is 328 g/mol. The summed E-state index contributed by atoms with van der Waals surface area (Å²) in [5.41, 5.74) is 1.68. The summed E-state index contributed by atoms with van der Waals surface area (Å²) in [5, 5.41) is 6.39. The van der Waals surface area contributed by atoms with Gasteiger partial charge in [-0.25, -0.2) is 9.37 Å². The predicted molar refractivity (Wildman–Crippen MR) is 76.1 cm³/mol. The molecule has 0 saturated carbocycles. The molecule has 0 unspecified atom stereocenters. The molecule has 18 heavy (non-hydrogen) atoms. The largest absolute Gasteiger partial charge is 0.307 e. The van der Waals surface area contributed by atoms with E-state index in [9.17, 15) is 4.39 Å². The minimum absolute atomic E-state index is 0.182. The lowest BCUT2D eigenvalue weighted by Gasteiger charge is -2.05. The molecule has 0 aliphatic rings. The van der Waals surface area contributed by atoms with Gasteiger partial charge < -0.3 is 5.32 Å². The Morgan fingerprint density at radius 2 is 2.22 bits per heavy atom. The van der Waals surface area contributed by atoms with E-state index < -0.39 is 0 Å². The molecule has 2 rings (SSSR count). The zero-order valence-corrected chi connectivity index (χ0v) is 12.4. The molecule has 0 spiro atoms. The van der Waals surface area contributed by atoms with Crippen molar-refractivity contribution in [2.45, 2.75) is 26.4 Å². The second kappa shape index (κ2) is 6.41. The Balaban J connectivity index is 1.90. The van der Waals surface area contributed by atoms with Crippen LogP contribution in [0, 0.1) is 5.82 Å². The molecular weight excluding hydrogens is 315 g/mol. The number of nitrogens with one attached hydrogen (secondary N) is 1. The molecule has 1 N–H and O–H groups in total. The summed E-state index contributed by atoms with van der Waals surface area (Å²) < 4.78 is 14.4. The molecule has 0 fully saturated rings. The predicted octanol–water partition coefficient (Wildman–Crippen LogP) is 3.90. The smallest absolute Gasteiger partial charge is 0.127 e. The van der Waals surface area contributed by atoms with Gasteiger partial charge in [0.05, 0.1) is 10.7 Å². The van der Waals surface area contributed by atoms with E-state index in [-0.39, 0.29) is 5.82 Å². The molecule has 96 valence electrons. The number of hydrogen-bond donors (Lipinski definition) is 1. The van der Waals surface area contributed by atoms with Crippen molar-refractivity contribution in [3.05, 3.63) is 50.1 Å². The van der Waals surface area contributed by atoms with Gasteiger partial charge in [0.15, 0.2) is 0 Å². The zero-order valence-electron chi connectivity index (χ0n) is 10.0. The van der Waals surface area contributed by atoms with Gasteiger partial charge in [-0.1, -0.05) is 22.9 Å². The molecule has 0 aliphatic carbocycles. The van der Waals surface area contributed by atoms with Crippen molar-refractivity contribution in [2.75, 3.05) is 0 Å². The van der Waals surface area contributed by atoms with Gasteiger partial charge in [0, 0.05) is 28.5 Å². The first-order chi connectivity index (χ1) is 8.69. The van der Waals surface area contributed by atoms with Gasteiger partial charge in [-0.15, -0.1) is 11.3 Å². The highest BCUT2D eigenvalue weighted by atomic mass is 79.9. The SMILES string of the molecule is CCc1nc(CNCc2cc(Br)ccc2F)cs1. The molecule has 1 aromatic heterocycles. The van der Waals surface area contributed by atoms with Crippen LogP contribution >= 0.6 is 27.3 Å². The van der Waals surface area contributed by atoms with Crippen molar-refractivity contribution in [1.29, 1.82) is 0 Å². The molecule has 0 saturated heterocycles. The first-order valence-electron chi connectivity index (χ1n) is 5.77. The van der Waals surface area contributed by atoms with Crippen molar-refractivity contribution in [2.24, 2.45) is 0 Å². The lowest BCUT2D eigenvalue weighted by molar-refractivity contribution is 0.585. The average molecular weight is 329 g/mol. The highest BCUT2D eigenvalue weighted by molar-refractivity contribution is 9.10. The zero-order chi connectivity index (χ0) is 13.0. The van der Waals surface area contributed by atoms with Gasteiger partial charge >= 0.3 is 0 Å². The maximum atomic E-state index is 13.5. The van der Waals surface area contributed by atoms with E-state index in [0.717, 1.165) is 21.6 Å². The van der Waals surface area contributed by atoms with Crippen molar-refractivity contribution < 1.29 is 4.39 Å². The topological polar surface area (TPSA) is 24.9 Å². The summed E-state index contributed by atoms with van der Waals surface area (Å²) in [6, 6.07) is 4.97. The Labute approximate surface area is 118 Å². The van der Waals surface area contributed by atoms with Crippen LogP contribution in [-0.4, -0.2) is 4.98 Å². The standard InChI is InChI=1S/C13H14BrFN2S/c1-2-13-17-11(8-18-13)7-16-6-9-5-10(14)3-4-12(9)15/h3-5,8,16H,2,6-7H2,1H3. The Bertz CT molecular complexity index is 527. The van der Waals surface area contributed by atoms with Gasteiger partial charge in [-0.05, 0) is 24.6 Å². The number of aryl methyl sites for hydroxylation is 1. The minimum atomic E-state index is -0.182. The molecule has 0 aliphatic heterocycles. The molecule has 0 atom stereocenters. The quantitative estimate of drug-likeness (QED) is 0.900.